The molecule has 0 unspecified atom stereocenters. The molecule has 0 radical (unpaired) electrons. The molecule has 2 rings (SSSR count). The molecule has 1 nitrogen and oxygen atoms in total. The van der Waals surface area contributed by atoms with Crippen LogP contribution in [-0.2, 0) is 0 Å². The third-order valence-electron chi connectivity index (χ3n) is 1.71. The maximum absolute atomic E-state index is 8.89. The van der Waals surface area contributed by atoms with Crippen molar-refractivity contribution in [2.45, 2.75) is 9.10 Å². The number of hydrogen-bond donors (Lipinski definition) is 0. The summed E-state index contributed by atoms with van der Waals surface area (Å²) < 4.78 is 1.22. The molecule has 0 saturated carbocycles. The molecule has 0 bridgehead atoms. The van der Waals surface area contributed by atoms with Gasteiger partial charge in [0, 0.05) is 4.90 Å². The highest BCUT2D eigenvalue weighted by molar-refractivity contribution is 8.01. The molecule has 1 aromatic carbocycles. The van der Waals surface area contributed by atoms with Crippen molar-refractivity contribution in [3.05, 3.63) is 47.3 Å². The lowest BCUT2D eigenvalue weighted by atomic mass is 10.2. The molecule has 0 spiro atoms. The Morgan fingerprint density at radius 1 is 1.14 bits per heavy atom. The van der Waals surface area contributed by atoms with Crippen LogP contribution in [0.4, 0.5) is 0 Å². The van der Waals surface area contributed by atoms with E-state index in [2.05, 4.69) is 12.1 Å². The van der Waals surface area contributed by atoms with Gasteiger partial charge in [0.25, 0.3) is 0 Å². The Bertz CT molecular complexity index is 454. The first-order chi connectivity index (χ1) is 6.90. The summed E-state index contributed by atoms with van der Waals surface area (Å²) in [5, 5.41) is 10.9. The van der Waals surface area contributed by atoms with Gasteiger partial charge in [0.2, 0.25) is 0 Å². The first-order valence-corrected chi connectivity index (χ1v) is 5.80. The second-order valence-electron chi connectivity index (χ2n) is 2.64. The van der Waals surface area contributed by atoms with Crippen molar-refractivity contribution in [3.63, 3.8) is 0 Å². The van der Waals surface area contributed by atoms with Crippen molar-refractivity contribution < 1.29 is 0 Å². The van der Waals surface area contributed by atoms with Gasteiger partial charge in [-0.3, -0.25) is 0 Å². The van der Waals surface area contributed by atoms with Gasteiger partial charge < -0.3 is 0 Å². The zero-order chi connectivity index (χ0) is 9.80. The lowest BCUT2D eigenvalue weighted by Crippen LogP contribution is -1.77. The van der Waals surface area contributed by atoms with Crippen LogP contribution in [0.5, 0.6) is 0 Å². The molecule has 1 heterocycles. The van der Waals surface area contributed by atoms with Crippen molar-refractivity contribution >= 4 is 23.1 Å². The number of thiophene rings is 1. The van der Waals surface area contributed by atoms with Gasteiger partial charge in [0.05, 0.1) is 9.77 Å². The van der Waals surface area contributed by atoms with Crippen LogP contribution >= 0.6 is 23.1 Å². The number of nitrogens with zero attached hydrogens (tertiary/aromatic N) is 1. The maximum Gasteiger partial charge on any atom is 0.100 e. The van der Waals surface area contributed by atoms with E-state index in [0.717, 1.165) is 10.5 Å². The largest absolute Gasteiger partial charge is 0.192 e. The third kappa shape index (κ3) is 1.98. The predicted octanol–water partition coefficient (Wildman–Crippen LogP) is 3.77. The number of rotatable bonds is 2. The summed E-state index contributed by atoms with van der Waals surface area (Å²) in [5.74, 6) is 0. The second kappa shape index (κ2) is 4.32. The van der Waals surface area contributed by atoms with Crippen LogP contribution in [0.2, 0.25) is 0 Å². The number of benzene rings is 1. The minimum atomic E-state index is 0.742. The maximum atomic E-state index is 8.89. The lowest BCUT2D eigenvalue weighted by molar-refractivity contribution is 1.37. The molecule has 0 aliphatic heterocycles. The van der Waals surface area contributed by atoms with Gasteiger partial charge in [-0.05, 0) is 23.6 Å². The molecule has 0 saturated heterocycles. The van der Waals surface area contributed by atoms with E-state index in [9.17, 15) is 0 Å². The standard InChI is InChI=1S/C11H7NS2/c12-8-9-4-1-2-5-10(9)14-11-6-3-7-13-11/h1-7H. The molecule has 0 aliphatic carbocycles. The summed E-state index contributed by atoms with van der Waals surface area (Å²) in [7, 11) is 0. The topological polar surface area (TPSA) is 23.8 Å². The predicted molar refractivity (Wildman–Crippen MR) is 59.6 cm³/mol. The highest BCUT2D eigenvalue weighted by Gasteiger charge is 2.02. The number of hydrogen-bond acceptors (Lipinski definition) is 3. The van der Waals surface area contributed by atoms with Gasteiger partial charge in [-0.25, -0.2) is 0 Å². The summed E-state index contributed by atoms with van der Waals surface area (Å²) in [6.45, 7) is 0. The average molecular weight is 217 g/mol. The zero-order valence-corrected chi connectivity index (χ0v) is 8.94. The molecule has 2 aromatic rings. The van der Waals surface area contributed by atoms with E-state index >= 15 is 0 Å². The summed E-state index contributed by atoms with van der Waals surface area (Å²) in [4.78, 5) is 1.03. The summed E-state index contributed by atoms with van der Waals surface area (Å²) in [6, 6.07) is 13.9. The molecule has 0 aliphatic rings. The highest BCUT2D eigenvalue weighted by Crippen LogP contribution is 2.32. The van der Waals surface area contributed by atoms with E-state index in [4.69, 9.17) is 5.26 Å². The van der Waals surface area contributed by atoms with Gasteiger partial charge in [-0.1, -0.05) is 30.0 Å². The minimum Gasteiger partial charge on any atom is -0.192 e. The normalized spacial score (nSPS) is 9.64. The molecular weight excluding hydrogens is 210 g/mol. The van der Waals surface area contributed by atoms with Gasteiger partial charge in [0.1, 0.15) is 6.07 Å². The Hall–Kier alpha value is -1.24. The Balaban J connectivity index is 2.30. The first-order valence-electron chi connectivity index (χ1n) is 4.10. The van der Waals surface area contributed by atoms with Crippen molar-refractivity contribution in [3.8, 4) is 6.07 Å². The monoisotopic (exact) mass is 217 g/mol. The highest BCUT2D eigenvalue weighted by atomic mass is 32.2. The molecule has 1 aromatic heterocycles. The van der Waals surface area contributed by atoms with Crippen LogP contribution in [0.3, 0.4) is 0 Å². The molecule has 3 heteroatoms. The third-order valence-corrected chi connectivity index (χ3v) is 3.83. The van der Waals surface area contributed by atoms with Crippen LogP contribution in [0.1, 0.15) is 5.56 Å². The Kier molecular flexibility index (Phi) is 2.87. The molecule has 0 fully saturated rings. The van der Waals surface area contributed by atoms with E-state index in [1.165, 1.54) is 4.21 Å². The van der Waals surface area contributed by atoms with E-state index in [-0.39, 0.29) is 0 Å². The van der Waals surface area contributed by atoms with E-state index in [0.29, 0.717) is 0 Å². The fourth-order valence-corrected chi connectivity index (χ4v) is 2.89. The van der Waals surface area contributed by atoms with Crippen LogP contribution < -0.4 is 0 Å². The number of nitriles is 1. The lowest BCUT2D eigenvalue weighted by Gasteiger charge is -1.99. The molecule has 68 valence electrons. The average Bonchev–Trinajstić information content (AvgIpc) is 2.71. The zero-order valence-electron chi connectivity index (χ0n) is 7.31. The second-order valence-corrected chi connectivity index (χ2v) is 4.93. The van der Waals surface area contributed by atoms with Gasteiger partial charge in [-0.2, -0.15) is 5.26 Å². The van der Waals surface area contributed by atoms with Crippen LogP contribution in [0.15, 0.2) is 50.9 Å². The smallest absolute Gasteiger partial charge is 0.100 e. The molecule has 14 heavy (non-hydrogen) atoms. The molecular formula is C11H7NS2. The van der Waals surface area contributed by atoms with E-state index < -0.39 is 0 Å². The Morgan fingerprint density at radius 3 is 2.71 bits per heavy atom. The van der Waals surface area contributed by atoms with Crippen molar-refractivity contribution in [2.24, 2.45) is 0 Å². The molecule has 0 N–H and O–H groups in total. The van der Waals surface area contributed by atoms with Gasteiger partial charge >= 0.3 is 0 Å². The minimum absolute atomic E-state index is 0.742. The SMILES string of the molecule is N#Cc1ccccc1Sc1cccs1. The van der Waals surface area contributed by atoms with Crippen molar-refractivity contribution in [1.82, 2.24) is 0 Å². The molecule has 0 atom stereocenters. The fourth-order valence-electron chi connectivity index (χ4n) is 1.08. The van der Waals surface area contributed by atoms with Crippen LogP contribution in [-0.4, -0.2) is 0 Å². The van der Waals surface area contributed by atoms with E-state index in [1.807, 2.05) is 35.7 Å². The van der Waals surface area contributed by atoms with Gasteiger partial charge in [0.15, 0.2) is 0 Å². The fraction of sp³-hybridized carbons (Fsp3) is 0. The quantitative estimate of drug-likeness (QED) is 0.764. The first kappa shape index (κ1) is 9.32. The summed E-state index contributed by atoms with van der Waals surface area (Å²) >= 11 is 3.33. The van der Waals surface area contributed by atoms with E-state index in [1.54, 1.807) is 23.1 Å². The van der Waals surface area contributed by atoms with Crippen molar-refractivity contribution in [2.75, 3.05) is 0 Å². The van der Waals surface area contributed by atoms with Crippen LogP contribution in [0.25, 0.3) is 0 Å². The van der Waals surface area contributed by atoms with Gasteiger partial charge in [-0.15, -0.1) is 11.3 Å². The van der Waals surface area contributed by atoms with Crippen molar-refractivity contribution in [1.29, 1.82) is 5.26 Å². The van der Waals surface area contributed by atoms with Crippen LogP contribution in [0, 0.1) is 11.3 Å². The summed E-state index contributed by atoms with van der Waals surface area (Å²) in [5.41, 5.74) is 0.742. The Morgan fingerprint density at radius 2 is 2.00 bits per heavy atom. The summed E-state index contributed by atoms with van der Waals surface area (Å²) in [6.07, 6.45) is 0. The Labute approximate surface area is 91.0 Å². The molecule has 0 amide bonds.